The molecule has 0 N–H and O–H groups in total. The van der Waals surface area contributed by atoms with Crippen LogP contribution in [-0.4, -0.2) is 9.78 Å². The standard InChI is InChI=1S/C14H20Cl2N2/c15-9-12-13(10-5-1-2-6-10)17-18(14(12)16)11-7-3-4-8-11/h10-11H,1-9H2. The average molecular weight is 287 g/mol. The van der Waals surface area contributed by atoms with E-state index < -0.39 is 0 Å². The Balaban J connectivity index is 1.94. The maximum atomic E-state index is 6.50. The fraction of sp³-hybridized carbons (Fsp3) is 0.786. The molecule has 18 heavy (non-hydrogen) atoms. The first-order valence-electron chi connectivity index (χ1n) is 7.14. The lowest BCUT2D eigenvalue weighted by Crippen LogP contribution is -2.07. The van der Waals surface area contributed by atoms with Gasteiger partial charge in [0.1, 0.15) is 5.15 Å². The molecule has 2 nitrogen and oxygen atoms in total. The van der Waals surface area contributed by atoms with E-state index in [4.69, 9.17) is 28.3 Å². The van der Waals surface area contributed by atoms with E-state index in [9.17, 15) is 0 Å². The van der Waals surface area contributed by atoms with E-state index in [1.807, 2.05) is 0 Å². The fourth-order valence-corrected chi connectivity index (χ4v) is 4.18. The van der Waals surface area contributed by atoms with Crippen molar-refractivity contribution in [3.63, 3.8) is 0 Å². The minimum Gasteiger partial charge on any atom is -0.250 e. The third-order valence-electron chi connectivity index (χ3n) is 4.52. The molecule has 1 heterocycles. The van der Waals surface area contributed by atoms with Crippen molar-refractivity contribution >= 4 is 23.2 Å². The van der Waals surface area contributed by atoms with Crippen LogP contribution in [0.25, 0.3) is 0 Å². The summed E-state index contributed by atoms with van der Waals surface area (Å²) in [7, 11) is 0. The van der Waals surface area contributed by atoms with Gasteiger partial charge in [-0.3, -0.25) is 4.68 Å². The van der Waals surface area contributed by atoms with Crippen LogP contribution in [0.2, 0.25) is 5.15 Å². The molecule has 0 aromatic carbocycles. The van der Waals surface area contributed by atoms with Gasteiger partial charge in [-0.2, -0.15) is 5.10 Å². The van der Waals surface area contributed by atoms with Crippen molar-refractivity contribution in [2.45, 2.75) is 69.2 Å². The maximum absolute atomic E-state index is 6.50. The molecule has 2 saturated carbocycles. The maximum Gasteiger partial charge on any atom is 0.132 e. The Morgan fingerprint density at radius 3 is 2.28 bits per heavy atom. The molecule has 0 spiro atoms. The van der Waals surface area contributed by atoms with Gasteiger partial charge in [0.05, 0.1) is 17.6 Å². The second-order valence-corrected chi connectivity index (χ2v) is 6.28. The van der Waals surface area contributed by atoms with E-state index in [1.54, 1.807) is 0 Å². The molecule has 0 amide bonds. The Kier molecular flexibility index (Phi) is 3.86. The normalized spacial score (nSPS) is 22.1. The van der Waals surface area contributed by atoms with Crippen molar-refractivity contribution < 1.29 is 0 Å². The summed E-state index contributed by atoms with van der Waals surface area (Å²) < 4.78 is 2.07. The number of rotatable bonds is 3. The second kappa shape index (κ2) is 5.42. The molecule has 0 saturated heterocycles. The third kappa shape index (κ3) is 2.18. The average Bonchev–Trinajstić information content (AvgIpc) is 3.09. The highest BCUT2D eigenvalue weighted by atomic mass is 35.5. The van der Waals surface area contributed by atoms with Crippen molar-refractivity contribution in [1.82, 2.24) is 9.78 Å². The van der Waals surface area contributed by atoms with Gasteiger partial charge < -0.3 is 0 Å². The summed E-state index contributed by atoms with van der Waals surface area (Å²) in [6.45, 7) is 0. The Labute approximate surface area is 119 Å². The van der Waals surface area contributed by atoms with Gasteiger partial charge in [0.15, 0.2) is 0 Å². The van der Waals surface area contributed by atoms with E-state index in [1.165, 1.54) is 57.1 Å². The Bertz CT molecular complexity index is 416. The minimum atomic E-state index is 0.497. The van der Waals surface area contributed by atoms with E-state index in [2.05, 4.69) is 4.68 Å². The molecule has 0 aliphatic heterocycles. The smallest absolute Gasteiger partial charge is 0.132 e. The molecule has 0 unspecified atom stereocenters. The van der Waals surface area contributed by atoms with Crippen molar-refractivity contribution in [3.8, 4) is 0 Å². The predicted octanol–water partition coefficient (Wildman–Crippen LogP) is 5.05. The van der Waals surface area contributed by atoms with Gasteiger partial charge in [-0.05, 0) is 25.7 Å². The molecule has 0 radical (unpaired) electrons. The molecule has 100 valence electrons. The molecule has 0 bridgehead atoms. The van der Waals surface area contributed by atoms with Crippen LogP contribution < -0.4 is 0 Å². The van der Waals surface area contributed by atoms with Crippen LogP contribution in [0, 0.1) is 0 Å². The highest BCUT2D eigenvalue weighted by molar-refractivity contribution is 6.31. The molecular formula is C14H20Cl2N2. The van der Waals surface area contributed by atoms with Crippen molar-refractivity contribution in [3.05, 3.63) is 16.4 Å². The van der Waals surface area contributed by atoms with Gasteiger partial charge in [0, 0.05) is 11.5 Å². The van der Waals surface area contributed by atoms with Crippen molar-refractivity contribution in [1.29, 1.82) is 0 Å². The molecule has 0 atom stereocenters. The lowest BCUT2D eigenvalue weighted by molar-refractivity contribution is 0.459. The number of halogens is 2. The molecule has 1 aromatic heterocycles. The molecule has 4 heteroatoms. The second-order valence-electron chi connectivity index (χ2n) is 5.65. The van der Waals surface area contributed by atoms with E-state index in [0.29, 0.717) is 17.8 Å². The summed E-state index contributed by atoms with van der Waals surface area (Å²) in [5, 5.41) is 5.65. The van der Waals surface area contributed by atoms with Crippen LogP contribution in [0.4, 0.5) is 0 Å². The third-order valence-corrected chi connectivity index (χ3v) is 5.19. The van der Waals surface area contributed by atoms with Crippen molar-refractivity contribution in [2.24, 2.45) is 0 Å². The van der Waals surface area contributed by atoms with Crippen LogP contribution >= 0.6 is 23.2 Å². The van der Waals surface area contributed by atoms with Gasteiger partial charge >= 0.3 is 0 Å². The predicted molar refractivity (Wildman–Crippen MR) is 75.5 cm³/mol. The summed E-state index contributed by atoms with van der Waals surface area (Å²) in [4.78, 5) is 0. The summed E-state index contributed by atoms with van der Waals surface area (Å²) in [6.07, 6.45) is 10.2. The largest absolute Gasteiger partial charge is 0.250 e. The number of alkyl halides is 1. The molecule has 1 aromatic rings. The first-order chi connectivity index (χ1) is 8.81. The minimum absolute atomic E-state index is 0.497. The van der Waals surface area contributed by atoms with E-state index in [0.717, 1.165) is 10.7 Å². The molecule has 2 fully saturated rings. The molecule has 2 aliphatic carbocycles. The highest BCUT2D eigenvalue weighted by Gasteiger charge is 2.28. The Hall–Kier alpha value is -0.210. The van der Waals surface area contributed by atoms with Crippen LogP contribution in [-0.2, 0) is 5.88 Å². The number of hydrogen-bond acceptors (Lipinski definition) is 1. The lowest BCUT2D eigenvalue weighted by Gasteiger charge is -2.11. The quantitative estimate of drug-likeness (QED) is 0.711. The van der Waals surface area contributed by atoms with Gasteiger partial charge in [0.25, 0.3) is 0 Å². The molecule has 3 rings (SSSR count). The highest BCUT2D eigenvalue weighted by Crippen LogP contribution is 2.40. The molecule has 2 aliphatic rings. The fourth-order valence-electron chi connectivity index (χ4n) is 3.51. The van der Waals surface area contributed by atoms with Crippen LogP contribution in [0.15, 0.2) is 0 Å². The zero-order valence-electron chi connectivity index (χ0n) is 10.7. The van der Waals surface area contributed by atoms with E-state index in [-0.39, 0.29) is 0 Å². The number of aromatic nitrogens is 2. The van der Waals surface area contributed by atoms with Gasteiger partial charge in [0.2, 0.25) is 0 Å². The van der Waals surface area contributed by atoms with Crippen LogP contribution in [0.1, 0.15) is 74.6 Å². The Morgan fingerprint density at radius 1 is 1.06 bits per heavy atom. The summed E-state index contributed by atoms with van der Waals surface area (Å²) in [5.74, 6) is 1.09. The SMILES string of the molecule is ClCc1c(C2CCCC2)nn(C2CCCC2)c1Cl. The number of hydrogen-bond donors (Lipinski definition) is 0. The topological polar surface area (TPSA) is 17.8 Å². The molecular weight excluding hydrogens is 267 g/mol. The van der Waals surface area contributed by atoms with Crippen LogP contribution in [0.5, 0.6) is 0 Å². The van der Waals surface area contributed by atoms with Gasteiger partial charge in [-0.1, -0.05) is 37.3 Å². The number of nitrogens with zero attached hydrogens (tertiary/aromatic N) is 2. The summed E-state index contributed by atoms with van der Waals surface area (Å²) >= 11 is 12.6. The van der Waals surface area contributed by atoms with Gasteiger partial charge in [-0.15, -0.1) is 11.6 Å². The lowest BCUT2D eigenvalue weighted by atomic mass is 10.0. The van der Waals surface area contributed by atoms with Crippen molar-refractivity contribution in [2.75, 3.05) is 0 Å². The van der Waals surface area contributed by atoms with E-state index >= 15 is 0 Å². The first kappa shape index (κ1) is 12.8. The zero-order valence-corrected chi connectivity index (χ0v) is 12.2. The summed E-state index contributed by atoms with van der Waals surface area (Å²) in [6, 6.07) is 0.509. The van der Waals surface area contributed by atoms with Crippen LogP contribution in [0.3, 0.4) is 0 Å². The Morgan fingerprint density at radius 2 is 1.67 bits per heavy atom. The monoisotopic (exact) mass is 286 g/mol. The summed E-state index contributed by atoms with van der Waals surface area (Å²) in [5.41, 5.74) is 2.29. The zero-order chi connectivity index (χ0) is 12.5. The van der Waals surface area contributed by atoms with Gasteiger partial charge in [-0.25, -0.2) is 0 Å². The first-order valence-corrected chi connectivity index (χ1v) is 8.05.